The molecule has 0 aliphatic rings. The van der Waals surface area contributed by atoms with Gasteiger partial charge in [-0.2, -0.15) is 5.10 Å². The zero-order valence-corrected chi connectivity index (χ0v) is 10.7. The average Bonchev–Trinajstić information content (AvgIpc) is 2.79. The van der Waals surface area contributed by atoms with Crippen molar-refractivity contribution in [1.82, 2.24) is 14.8 Å². The summed E-state index contributed by atoms with van der Waals surface area (Å²) >= 11 is 3.47. The third kappa shape index (κ3) is 2.17. The Kier molecular flexibility index (Phi) is 3.00. The lowest BCUT2D eigenvalue weighted by atomic mass is 10.3. The van der Waals surface area contributed by atoms with Crippen molar-refractivity contribution in [2.24, 2.45) is 7.05 Å². The Hall–Kier alpha value is -0.960. The zero-order valence-electron chi connectivity index (χ0n) is 7.77. The van der Waals surface area contributed by atoms with Crippen LogP contribution in [0.2, 0.25) is 0 Å². The maximum Gasteiger partial charge on any atom is 0.261 e. The minimum atomic E-state index is -0.178. The molecule has 0 unspecified atom stereocenters. The molecule has 78 valence electrons. The minimum Gasteiger partial charge on any atom is -0.298 e. The third-order valence-corrected chi connectivity index (χ3v) is 3.73. The average molecular weight is 334 g/mol. The van der Waals surface area contributed by atoms with Crippen LogP contribution >= 0.6 is 33.9 Å². The Bertz CT molecular complexity index is 479. The quantitative estimate of drug-likeness (QED) is 0.851. The van der Waals surface area contributed by atoms with E-state index >= 15 is 0 Å². The van der Waals surface area contributed by atoms with Crippen LogP contribution in [-0.4, -0.2) is 20.7 Å². The molecule has 2 aromatic rings. The van der Waals surface area contributed by atoms with Gasteiger partial charge in [0.1, 0.15) is 3.70 Å². The van der Waals surface area contributed by atoms with Crippen LogP contribution in [0.3, 0.4) is 0 Å². The number of aryl methyl sites for hydroxylation is 1. The van der Waals surface area contributed by atoms with Crippen LogP contribution in [0.25, 0.3) is 0 Å². The highest BCUT2D eigenvalue weighted by Crippen LogP contribution is 2.15. The molecule has 1 N–H and O–H groups in total. The van der Waals surface area contributed by atoms with E-state index in [4.69, 9.17) is 0 Å². The summed E-state index contributed by atoms with van der Waals surface area (Å²) in [6.07, 6.45) is 3.19. The van der Waals surface area contributed by atoms with Gasteiger partial charge >= 0.3 is 0 Å². The molecule has 0 fully saturated rings. The Balaban J connectivity index is 2.19. The fourth-order valence-electron chi connectivity index (χ4n) is 1.02. The maximum absolute atomic E-state index is 11.7. The van der Waals surface area contributed by atoms with Crippen LogP contribution < -0.4 is 5.32 Å². The molecule has 2 aromatic heterocycles. The standard InChI is InChI=1S/C8H7IN4OS/c1-13-6(9)5(4-11-13)7(14)12-8-10-2-3-15-8/h2-4H,1H3,(H,10,12,14). The number of amides is 1. The summed E-state index contributed by atoms with van der Waals surface area (Å²) in [7, 11) is 1.79. The number of anilines is 1. The summed E-state index contributed by atoms with van der Waals surface area (Å²) in [6.45, 7) is 0. The number of nitrogens with zero attached hydrogens (tertiary/aromatic N) is 3. The van der Waals surface area contributed by atoms with E-state index in [1.54, 1.807) is 24.1 Å². The smallest absolute Gasteiger partial charge is 0.261 e. The summed E-state index contributed by atoms with van der Waals surface area (Å²) in [5.74, 6) is -0.178. The number of halogens is 1. The van der Waals surface area contributed by atoms with Gasteiger partial charge in [0.15, 0.2) is 5.13 Å². The molecule has 0 spiro atoms. The Morgan fingerprint density at radius 2 is 2.47 bits per heavy atom. The summed E-state index contributed by atoms with van der Waals surface area (Å²) in [5.41, 5.74) is 0.563. The second kappa shape index (κ2) is 4.27. The lowest BCUT2D eigenvalue weighted by molar-refractivity contribution is 0.102. The van der Waals surface area contributed by atoms with Gasteiger partial charge in [0.25, 0.3) is 5.91 Å². The van der Waals surface area contributed by atoms with E-state index in [0.717, 1.165) is 3.70 Å². The number of thiazole rings is 1. The molecule has 0 radical (unpaired) electrons. The van der Waals surface area contributed by atoms with Gasteiger partial charge in [-0.3, -0.25) is 14.8 Å². The Labute approximate surface area is 104 Å². The van der Waals surface area contributed by atoms with E-state index < -0.39 is 0 Å². The fraction of sp³-hybridized carbons (Fsp3) is 0.125. The number of carbonyl (C=O) groups excluding carboxylic acids is 1. The van der Waals surface area contributed by atoms with E-state index in [2.05, 4.69) is 38.0 Å². The van der Waals surface area contributed by atoms with Crippen molar-refractivity contribution < 1.29 is 4.79 Å². The molecule has 0 saturated carbocycles. The van der Waals surface area contributed by atoms with E-state index in [0.29, 0.717) is 10.7 Å². The fourth-order valence-corrected chi connectivity index (χ4v) is 2.06. The molecule has 1 amide bonds. The van der Waals surface area contributed by atoms with E-state index in [1.165, 1.54) is 11.3 Å². The molecule has 7 heteroatoms. The number of rotatable bonds is 2. The molecule has 0 aliphatic heterocycles. The van der Waals surface area contributed by atoms with Crippen molar-refractivity contribution in [2.45, 2.75) is 0 Å². The van der Waals surface area contributed by atoms with Gasteiger partial charge < -0.3 is 0 Å². The molecule has 2 heterocycles. The van der Waals surface area contributed by atoms with Crippen molar-refractivity contribution >= 4 is 45.0 Å². The molecule has 5 nitrogen and oxygen atoms in total. The maximum atomic E-state index is 11.7. The predicted molar refractivity (Wildman–Crippen MR) is 66.0 cm³/mol. The van der Waals surface area contributed by atoms with E-state index in [1.807, 2.05) is 5.38 Å². The summed E-state index contributed by atoms with van der Waals surface area (Å²) < 4.78 is 2.46. The van der Waals surface area contributed by atoms with Crippen LogP contribution in [0.4, 0.5) is 5.13 Å². The summed E-state index contributed by atoms with van der Waals surface area (Å²) in [4.78, 5) is 15.7. The first-order valence-corrected chi connectivity index (χ1v) is 6.02. The lowest BCUT2D eigenvalue weighted by Gasteiger charge is -1.99. The second-order valence-electron chi connectivity index (χ2n) is 2.76. The summed E-state index contributed by atoms with van der Waals surface area (Å²) in [5, 5.41) is 9.11. The Morgan fingerprint density at radius 1 is 1.67 bits per heavy atom. The number of nitrogens with one attached hydrogen (secondary N) is 1. The van der Waals surface area contributed by atoms with Gasteiger partial charge in [-0.25, -0.2) is 4.98 Å². The van der Waals surface area contributed by atoms with Crippen molar-refractivity contribution in [1.29, 1.82) is 0 Å². The van der Waals surface area contributed by atoms with Gasteiger partial charge in [-0.15, -0.1) is 11.3 Å². The van der Waals surface area contributed by atoms with Crippen LogP contribution in [0.1, 0.15) is 10.4 Å². The normalized spacial score (nSPS) is 10.3. The van der Waals surface area contributed by atoms with Gasteiger partial charge in [0.05, 0.1) is 11.8 Å². The number of carbonyl (C=O) groups is 1. The molecule has 0 aromatic carbocycles. The molecule has 15 heavy (non-hydrogen) atoms. The van der Waals surface area contributed by atoms with Crippen molar-refractivity contribution in [3.05, 3.63) is 27.0 Å². The highest BCUT2D eigenvalue weighted by molar-refractivity contribution is 14.1. The first-order chi connectivity index (χ1) is 7.18. The molecule has 0 aliphatic carbocycles. The van der Waals surface area contributed by atoms with E-state index in [9.17, 15) is 4.79 Å². The molecular formula is C8H7IN4OS. The Morgan fingerprint density at radius 3 is 3.00 bits per heavy atom. The zero-order chi connectivity index (χ0) is 10.8. The molecule has 0 saturated heterocycles. The number of hydrogen-bond acceptors (Lipinski definition) is 4. The second-order valence-corrected chi connectivity index (χ2v) is 4.68. The van der Waals surface area contributed by atoms with Gasteiger partial charge in [0, 0.05) is 18.6 Å². The van der Waals surface area contributed by atoms with Gasteiger partial charge in [-0.05, 0) is 22.6 Å². The topological polar surface area (TPSA) is 59.8 Å². The van der Waals surface area contributed by atoms with Crippen LogP contribution in [0.5, 0.6) is 0 Å². The first kappa shape index (κ1) is 10.6. The van der Waals surface area contributed by atoms with Crippen molar-refractivity contribution in [2.75, 3.05) is 5.32 Å². The van der Waals surface area contributed by atoms with Crippen molar-refractivity contribution in [3.63, 3.8) is 0 Å². The van der Waals surface area contributed by atoms with Gasteiger partial charge in [-0.1, -0.05) is 0 Å². The minimum absolute atomic E-state index is 0.178. The van der Waals surface area contributed by atoms with Crippen LogP contribution in [0.15, 0.2) is 17.8 Å². The number of aromatic nitrogens is 3. The van der Waals surface area contributed by atoms with Gasteiger partial charge in [0.2, 0.25) is 0 Å². The van der Waals surface area contributed by atoms with Crippen LogP contribution in [-0.2, 0) is 7.05 Å². The lowest BCUT2D eigenvalue weighted by Crippen LogP contribution is -2.12. The molecule has 2 rings (SSSR count). The summed E-state index contributed by atoms with van der Waals surface area (Å²) in [6, 6.07) is 0. The highest BCUT2D eigenvalue weighted by atomic mass is 127. The largest absolute Gasteiger partial charge is 0.298 e. The third-order valence-electron chi connectivity index (χ3n) is 1.76. The molecular weight excluding hydrogens is 327 g/mol. The van der Waals surface area contributed by atoms with E-state index in [-0.39, 0.29) is 5.91 Å². The highest BCUT2D eigenvalue weighted by Gasteiger charge is 2.14. The predicted octanol–water partition coefficient (Wildman–Crippen LogP) is 1.73. The number of hydrogen-bond donors (Lipinski definition) is 1. The molecule has 0 atom stereocenters. The van der Waals surface area contributed by atoms with Crippen molar-refractivity contribution in [3.8, 4) is 0 Å². The SMILES string of the molecule is Cn1ncc(C(=O)Nc2nccs2)c1I. The van der Waals surface area contributed by atoms with Crippen LogP contribution in [0, 0.1) is 3.70 Å². The molecule has 0 bridgehead atoms. The first-order valence-electron chi connectivity index (χ1n) is 4.07. The monoisotopic (exact) mass is 334 g/mol.